The van der Waals surface area contributed by atoms with Crippen molar-refractivity contribution in [2.75, 3.05) is 26.9 Å². The molecule has 1 unspecified atom stereocenters. The highest BCUT2D eigenvalue weighted by molar-refractivity contribution is 5.81. The lowest BCUT2D eigenvalue weighted by molar-refractivity contribution is -0.140. The van der Waals surface area contributed by atoms with Crippen molar-refractivity contribution in [2.24, 2.45) is 0 Å². The largest absolute Gasteiger partial charge is 0.493 e. The first-order valence-corrected chi connectivity index (χ1v) is 8.04. The summed E-state index contributed by atoms with van der Waals surface area (Å²) >= 11 is 0. The molecular weight excluding hydrogens is 282 g/mol. The molecule has 118 valence electrons. The molecule has 1 saturated heterocycles. The quantitative estimate of drug-likeness (QED) is 0.852. The summed E-state index contributed by atoms with van der Waals surface area (Å²) in [6.07, 6.45) is 3.34. The van der Waals surface area contributed by atoms with E-state index >= 15 is 0 Å². The van der Waals surface area contributed by atoms with Crippen LogP contribution >= 0.6 is 0 Å². The molecule has 3 heterocycles. The van der Waals surface area contributed by atoms with Gasteiger partial charge in [-0.05, 0) is 18.9 Å². The smallest absolute Gasteiger partial charge is 0.251 e. The molecule has 0 aromatic heterocycles. The highest BCUT2D eigenvalue weighted by Gasteiger charge is 2.30. The van der Waals surface area contributed by atoms with Gasteiger partial charge in [0.2, 0.25) is 0 Å². The number of rotatable bonds is 3. The van der Waals surface area contributed by atoms with Crippen LogP contribution in [0.4, 0.5) is 0 Å². The van der Waals surface area contributed by atoms with Crippen LogP contribution in [0.5, 0.6) is 11.5 Å². The summed E-state index contributed by atoms with van der Waals surface area (Å²) < 4.78 is 17.1. The first-order valence-electron chi connectivity index (χ1n) is 8.04. The van der Waals surface area contributed by atoms with Gasteiger partial charge >= 0.3 is 0 Å². The van der Waals surface area contributed by atoms with Gasteiger partial charge in [-0.15, -0.1) is 0 Å². The van der Waals surface area contributed by atoms with Gasteiger partial charge < -0.3 is 19.1 Å². The van der Waals surface area contributed by atoms with E-state index in [2.05, 4.69) is 6.07 Å². The summed E-state index contributed by atoms with van der Waals surface area (Å²) in [7, 11) is 1.85. The summed E-state index contributed by atoms with van der Waals surface area (Å²) in [5, 5.41) is 0. The molecule has 3 aliphatic heterocycles. The molecule has 1 fully saturated rings. The fourth-order valence-electron chi connectivity index (χ4n) is 3.59. The van der Waals surface area contributed by atoms with E-state index in [0.29, 0.717) is 26.4 Å². The predicted octanol–water partition coefficient (Wildman–Crippen LogP) is 1.69. The Labute approximate surface area is 130 Å². The zero-order valence-electron chi connectivity index (χ0n) is 12.9. The van der Waals surface area contributed by atoms with Crippen LogP contribution in [0.3, 0.4) is 0 Å². The molecule has 1 atom stereocenters. The standard InChI is InChI=1S/C17H21NO4/c1-18(17(19)14-3-2-6-20-14)10-13-12-5-8-21-15(12)9-11-4-7-22-16(11)13/h9,14H,2-8,10H2,1H3. The minimum absolute atomic E-state index is 0.0702. The van der Waals surface area contributed by atoms with Crippen molar-refractivity contribution in [3.63, 3.8) is 0 Å². The zero-order valence-corrected chi connectivity index (χ0v) is 12.9. The Morgan fingerprint density at radius 1 is 1.27 bits per heavy atom. The Kier molecular flexibility index (Phi) is 3.45. The molecule has 22 heavy (non-hydrogen) atoms. The van der Waals surface area contributed by atoms with Crippen molar-refractivity contribution in [2.45, 2.75) is 38.3 Å². The molecule has 3 aliphatic rings. The Hall–Kier alpha value is -1.75. The van der Waals surface area contributed by atoms with Crippen molar-refractivity contribution >= 4 is 5.91 Å². The second kappa shape index (κ2) is 5.47. The maximum Gasteiger partial charge on any atom is 0.251 e. The van der Waals surface area contributed by atoms with Crippen LogP contribution in [-0.4, -0.2) is 43.8 Å². The van der Waals surface area contributed by atoms with Crippen molar-refractivity contribution in [1.29, 1.82) is 0 Å². The number of hydrogen-bond donors (Lipinski definition) is 0. The molecular formula is C17H21NO4. The number of nitrogens with zero attached hydrogens (tertiary/aromatic N) is 1. The third-order valence-corrected chi connectivity index (χ3v) is 4.74. The number of likely N-dealkylation sites (N-methyl/N-ethyl adjacent to an activating group) is 1. The summed E-state index contributed by atoms with van der Waals surface area (Å²) in [5.41, 5.74) is 3.53. The van der Waals surface area contributed by atoms with Crippen LogP contribution in [0.25, 0.3) is 0 Å². The predicted molar refractivity (Wildman–Crippen MR) is 80.3 cm³/mol. The second-order valence-electron chi connectivity index (χ2n) is 6.21. The molecule has 4 rings (SSSR count). The average Bonchev–Trinajstić information content (AvgIpc) is 3.26. The van der Waals surface area contributed by atoms with Gasteiger partial charge in [0, 0.05) is 49.7 Å². The fourth-order valence-corrected chi connectivity index (χ4v) is 3.59. The first kappa shape index (κ1) is 13.9. The number of benzene rings is 1. The molecule has 0 spiro atoms. The maximum atomic E-state index is 12.5. The Morgan fingerprint density at radius 3 is 2.95 bits per heavy atom. The number of carbonyl (C=O) groups is 1. The van der Waals surface area contributed by atoms with Gasteiger partial charge in [0.05, 0.1) is 13.2 Å². The van der Waals surface area contributed by atoms with Gasteiger partial charge in [0.25, 0.3) is 5.91 Å². The van der Waals surface area contributed by atoms with E-state index in [0.717, 1.165) is 42.7 Å². The van der Waals surface area contributed by atoms with Crippen LogP contribution < -0.4 is 9.47 Å². The second-order valence-corrected chi connectivity index (χ2v) is 6.21. The van der Waals surface area contributed by atoms with Crippen molar-refractivity contribution in [3.8, 4) is 11.5 Å². The number of amides is 1. The van der Waals surface area contributed by atoms with E-state index in [1.54, 1.807) is 4.90 Å². The minimum atomic E-state index is -0.271. The number of hydrogen-bond acceptors (Lipinski definition) is 4. The Morgan fingerprint density at radius 2 is 2.14 bits per heavy atom. The van der Waals surface area contributed by atoms with Crippen molar-refractivity contribution in [1.82, 2.24) is 4.90 Å². The number of carbonyl (C=O) groups excluding carboxylic acids is 1. The molecule has 0 aliphatic carbocycles. The van der Waals surface area contributed by atoms with E-state index in [4.69, 9.17) is 14.2 Å². The summed E-state index contributed by atoms with van der Waals surface area (Å²) in [6, 6.07) is 2.11. The lowest BCUT2D eigenvalue weighted by atomic mass is 9.99. The molecule has 5 heteroatoms. The summed E-state index contributed by atoms with van der Waals surface area (Å²) in [4.78, 5) is 14.2. The van der Waals surface area contributed by atoms with Crippen LogP contribution in [0.2, 0.25) is 0 Å². The highest BCUT2D eigenvalue weighted by atomic mass is 16.5. The Balaban J connectivity index is 1.61. The van der Waals surface area contributed by atoms with E-state index in [1.165, 1.54) is 11.1 Å². The lowest BCUT2D eigenvalue weighted by Gasteiger charge is -2.23. The highest BCUT2D eigenvalue weighted by Crippen LogP contribution is 2.41. The fraction of sp³-hybridized carbons (Fsp3) is 0.588. The van der Waals surface area contributed by atoms with Crippen LogP contribution in [0.1, 0.15) is 29.5 Å². The molecule has 0 bridgehead atoms. The van der Waals surface area contributed by atoms with Crippen molar-refractivity contribution in [3.05, 3.63) is 22.8 Å². The molecule has 1 aromatic rings. The first-order chi connectivity index (χ1) is 10.7. The molecule has 1 aromatic carbocycles. The number of fused-ring (bicyclic) bond motifs is 2. The third-order valence-electron chi connectivity index (χ3n) is 4.74. The van der Waals surface area contributed by atoms with Gasteiger partial charge in [-0.2, -0.15) is 0 Å². The molecule has 0 radical (unpaired) electrons. The van der Waals surface area contributed by atoms with E-state index in [9.17, 15) is 4.79 Å². The van der Waals surface area contributed by atoms with Crippen LogP contribution in [0, 0.1) is 0 Å². The van der Waals surface area contributed by atoms with Gasteiger partial charge in [-0.1, -0.05) is 0 Å². The molecule has 5 nitrogen and oxygen atoms in total. The third kappa shape index (κ3) is 2.24. The average molecular weight is 303 g/mol. The normalized spacial score (nSPS) is 22.0. The molecule has 0 N–H and O–H groups in total. The lowest BCUT2D eigenvalue weighted by Crippen LogP contribution is -2.35. The summed E-state index contributed by atoms with van der Waals surface area (Å²) in [6.45, 7) is 2.69. The number of ether oxygens (including phenoxy) is 3. The topological polar surface area (TPSA) is 48.0 Å². The molecule has 1 amide bonds. The Bertz CT molecular complexity index is 575. The van der Waals surface area contributed by atoms with Crippen LogP contribution in [0.15, 0.2) is 6.07 Å². The minimum Gasteiger partial charge on any atom is -0.493 e. The van der Waals surface area contributed by atoms with Gasteiger partial charge in [0.1, 0.15) is 17.6 Å². The SMILES string of the molecule is CN(Cc1c2c(cc3c1OCC3)OCC2)C(=O)C1CCCO1. The monoisotopic (exact) mass is 303 g/mol. The zero-order chi connectivity index (χ0) is 15.1. The molecule has 0 saturated carbocycles. The van der Waals surface area contributed by atoms with Gasteiger partial charge in [-0.3, -0.25) is 4.79 Å². The van der Waals surface area contributed by atoms with Crippen LogP contribution in [-0.2, 0) is 28.9 Å². The van der Waals surface area contributed by atoms with E-state index in [-0.39, 0.29) is 12.0 Å². The van der Waals surface area contributed by atoms with Gasteiger partial charge in [0.15, 0.2) is 0 Å². The van der Waals surface area contributed by atoms with E-state index in [1.807, 2.05) is 7.05 Å². The summed E-state index contributed by atoms with van der Waals surface area (Å²) in [5.74, 6) is 2.01. The van der Waals surface area contributed by atoms with E-state index < -0.39 is 0 Å². The van der Waals surface area contributed by atoms with Gasteiger partial charge in [-0.25, -0.2) is 0 Å². The maximum absolute atomic E-state index is 12.5. The van der Waals surface area contributed by atoms with Crippen molar-refractivity contribution < 1.29 is 19.0 Å².